The molecule has 3 rings (SSSR count). The summed E-state index contributed by atoms with van der Waals surface area (Å²) in [6.45, 7) is 19.5. The van der Waals surface area contributed by atoms with Crippen molar-refractivity contribution in [2.45, 2.75) is 170 Å². The molecule has 2 aromatic rings. The van der Waals surface area contributed by atoms with Crippen LogP contribution in [0.3, 0.4) is 0 Å². The number of hydrogen-bond donors (Lipinski definition) is 0. The minimum absolute atomic E-state index is 0.0265. The number of carbonyl (C=O) groups excluding carboxylic acids is 8. The summed E-state index contributed by atoms with van der Waals surface area (Å²) < 4.78 is 24.4. The molecule has 8 atom stereocenters. The van der Waals surface area contributed by atoms with Crippen molar-refractivity contribution < 1.29 is 57.3 Å². The Kier molecular flexibility index (Phi) is 23.2. The van der Waals surface area contributed by atoms with Crippen LogP contribution >= 0.6 is 0 Å². The highest BCUT2D eigenvalue weighted by molar-refractivity contribution is 5.94. The van der Waals surface area contributed by atoms with Gasteiger partial charge in [0.05, 0.1) is 0 Å². The van der Waals surface area contributed by atoms with Crippen LogP contribution in [0.4, 0.5) is 0 Å². The molecule has 16 heteroatoms. The lowest BCUT2D eigenvalue weighted by atomic mass is 9.99. The molecule has 2 aromatic carbocycles. The van der Waals surface area contributed by atoms with Gasteiger partial charge in [0.15, 0.2) is 24.4 Å². The zero-order valence-corrected chi connectivity index (χ0v) is 44.9. The van der Waals surface area contributed by atoms with Crippen LogP contribution in [0.5, 0.6) is 0 Å². The zero-order chi connectivity index (χ0) is 53.4. The van der Waals surface area contributed by atoms with Crippen LogP contribution in [0.15, 0.2) is 60.7 Å². The average molecular weight is 991 g/mol. The first kappa shape index (κ1) is 59.5. The van der Waals surface area contributed by atoms with Gasteiger partial charge in [-0.3, -0.25) is 19.2 Å². The molecule has 8 unspecified atom stereocenters. The molecule has 16 nitrogen and oxygen atoms in total. The summed E-state index contributed by atoms with van der Waals surface area (Å²) >= 11 is 0. The molecule has 0 N–H and O–H groups in total. The highest BCUT2D eigenvalue weighted by Crippen LogP contribution is 2.26. The number of nitrogens with zero attached hydrogens (tertiary/aromatic N) is 4. The summed E-state index contributed by atoms with van der Waals surface area (Å²) in [6, 6.07) is 12.8. The summed E-state index contributed by atoms with van der Waals surface area (Å²) in [4.78, 5) is 122. The number of unbranched alkanes of at least 4 members (excludes halogenated alkanes) is 1. The fraction of sp³-hybridized carbons (Fsp3) is 0.636. The van der Waals surface area contributed by atoms with Gasteiger partial charge in [-0.15, -0.1) is 0 Å². The first-order chi connectivity index (χ1) is 33.3. The Hall–Kier alpha value is -5.80. The fourth-order valence-electron chi connectivity index (χ4n) is 8.46. The third kappa shape index (κ3) is 16.6. The third-order valence-electron chi connectivity index (χ3n) is 12.9. The van der Waals surface area contributed by atoms with Crippen molar-refractivity contribution in [1.29, 1.82) is 0 Å². The number of ether oxygens (including phenoxy) is 4. The van der Waals surface area contributed by atoms with Gasteiger partial charge < -0.3 is 38.5 Å². The summed E-state index contributed by atoms with van der Waals surface area (Å²) in [5, 5.41) is 0. The van der Waals surface area contributed by atoms with E-state index in [0.29, 0.717) is 24.0 Å². The van der Waals surface area contributed by atoms with E-state index in [4.69, 9.17) is 18.9 Å². The minimum atomic E-state index is -1.44. The largest absolute Gasteiger partial charge is 0.451 e. The number of carbonyl (C=O) groups is 8. The maximum atomic E-state index is 14.7. The van der Waals surface area contributed by atoms with Gasteiger partial charge in [0.1, 0.15) is 24.2 Å². The molecule has 394 valence electrons. The monoisotopic (exact) mass is 991 g/mol. The molecule has 1 aliphatic heterocycles. The molecule has 4 amide bonds. The molecule has 0 radical (unpaired) electrons. The van der Waals surface area contributed by atoms with Gasteiger partial charge in [0.2, 0.25) is 0 Å². The SMILES string of the molecule is CCCCC1OC(=O)C(Cc2ccccc2)N(C)C(=O)C(C(C)C)OC(=O)C(CC(C)C)N(C)C(=O)C(C(C)C)OC(=O)C(Cc2ccccc2)N(C)C(=O)C(C(C)C)OC(=O)C(CC(C)C)N(C)C1=O. The van der Waals surface area contributed by atoms with Crippen LogP contribution in [-0.4, -0.2) is 144 Å². The Labute approximate surface area is 422 Å². The molecule has 71 heavy (non-hydrogen) atoms. The van der Waals surface area contributed by atoms with E-state index in [1.54, 1.807) is 96.1 Å². The fourth-order valence-corrected chi connectivity index (χ4v) is 8.46. The molecular formula is C55H82N4O12. The van der Waals surface area contributed by atoms with Crippen LogP contribution in [0.25, 0.3) is 0 Å². The summed E-state index contributed by atoms with van der Waals surface area (Å²) in [5.41, 5.74) is 1.35. The second-order valence-electron chi connectivity index (χ2n) is 20.9. The lowest BCUT2D eigenvalue weighted by molar-refractivity contribution is -0.179. The number of rotatable bonds is 14. The average Bonchev–Trinajstić information content (AvgIpc) is 3.32. The summed E-state index contributed by atoms with van der Waals surface area (Å²) in [5.74, 6) is -8.57. The highest BCUT2D eigenvalue weighted by Gasteiger charge is 2.45. The predicted octanol–water partition coefficient (Wildman–Crippen LogP) is 6.69. The van der Waals surface area contributed by atoms with E-state index in [1.807, 2.05) is 40.7 Å². The van der Waals surface area contributed by atoms with Gasteiger partial charge in [-0.25, -0.2) is 19.2 Å². The number of esters is 4. The molecule has 0 saturated carbocycles. The second-order valence-corrected chi connectivity index (χ2v) is 20.9. The maximum Gasteiger partial charge on any atom is 0.329 e. The van der Waals surface area contributed by atoms with Crippen LogP contribution in [0.2, 0.25) is 0 Å². The van der Waals surface area contributed by atoms with Crippen LogP contribution in [-0.2, 0) is 70.1 Å². The van der Waals surface area contributed by atoms with Gasteiger partial charge >= 0.3 is 23.9 Å². The van der Waals surface area contributed by atoms with Crippen molar-refractivity contribution in [1.82, 2.24) is 19.6 Å². The number of likely N-dealkylation sites (N-methyl/N-ethyl adjacent to an activating group) is 4. The summed E-state index contributed by atoms with van der Waals surface area (Å²) in [6.07, 6.45) is -4.34. The van der Waals surface area contributed by atoms with Gasteiger partial charge in [-0.1, -0.05) is 143 Å². The lowest BCUT2D eigenvalue weighted by Crippen LogP contribution is -2.56. The summed E-state index contributed by atoms with van der Waals surface area (Å²) in [7, 11) is 5.64. The number of benzene rings is 2. The van der Waals surface area contributed by atoms with Crippen molar-refractivity contribution >= 4 is 47.5 Å². The quantitative estimate of drug-likeness (QED) is 0.144. The minimum Gasteiger partial charge on any atom is -0.451 e. The smallest absolute Gasteiger partial charge is 0.329 e. The molecule has 1 heterocycles. The van der Waals surface area contributed by atoms with Crippen molar-refractivity contribution in [2.24, 2.45) is 29.6 Å². The number of cyclic esters (lactones) is 4. The normalized spacial score (nSPS) is 24.7. The molecule has 1 aliphatic rings. The Morgan fingerprint density at radius 3 is 1.03 bits per heavy atom. The van der Waals surface area contributed by atoms with E-state index in [0.717, 1.165) is 4.90 Å². The predicted molar refractivity (Wildman–Crippen MR) is 269 cm³/mol. The maximum absolute atomic E-state index is 14.7. The zero-order valence-electron chi connectivity index (χ0n) is 44.9. The standard InChI is InChI=1S/C55H82N4O12/c1-16-17-28-44-48(60)56(12)40(29-33(2)3)53(65)69-47(37(10)11)51(63)59(15)43(32-39-26-22-19-23-27-39)55(67)71-45(35(6)7)49(61)57(13)41(30-34(4)5)54(66)70-46(36(8)9)50(62)58(14)42(52(64)68-44)31-38-24-20-18-21-25-38/h18-27,33-37,40-47H,16-17,28-32H2,1-15H3. The second kappa shape index (κ2) is 27.7. The van der Waals surface area contributed by atoms with Gasteiger partial charge in [-0.2, -0.15) is 0 Å². The molecule has 0 bridgehead atoms. The van der Waals surface area contributed by atoms with Crippen LogP contribution in [0, 0.1) is 29.6 Å². The lowest BCUT2D eigenvalue weighted by Gasteiger charge is -2.37. The molecule has 0 spiro atoms. The van der Waals surface area contributed by atoms with Crippen molar-refractivity contribution in [2.75, 3.05) is 28.2 Å². The molecule has 1 saturated heterocycles. The number of amides is 4. The molecular weight excluding hydrogens is 909 g/mol. The van der Waals surface area contributed by atoms with Crippen LogP contribution in [0.1, 0.15) is 119 Å². The van der Waals surface area contributed by atoms with E-state index in [2.05, 4.69) is 0 Å². The van der Waals surface area contributed by atoms with E-state index < -0.39 is 114 Å². The highest BCUT2D eigenvalue weighted by atomic mass is 16.6. The Bertz CT molecular complexity index is 2090. The van der Waals surface area contributed by atoms with Crippen molar-refractivity contribution in [3.8, 4) is 0 Å². The van der Waals surface area contributed by atoms with Gasteiger partial charge in [0.25, 0.3) is 23.6 Å². The third-order valence-corrected chi connectivity index (χ3v) is 12.9. The van der Waals surface area contributed by atoms with Crippen molar-refractivity contribution in [3.05, 3.63) is 71.8 Å². The van der Waals surface area contributed by atoms with Crippen LogP contribution < -0.4 is 0 Å². The van der Waals surface area contributed by atoms with E-state index in [-0.39, 0.29) is 43.9 Å². The Morgan fingerprint density at radius 1 is 0.423 bits per heavy atom. The Morgan fingerprint density at radius 2 is 0.718 bits per heavy atom. The first-order valence-electron chi connectivity index (χ1n) is 25.3. The molecule has 0 aliphatic carbocycles. The molecule has 1 fully saturated rings. The molecule has 0 aromatic heterocycles. The topological polar surface area (TPSA) is 186 Å². The van der Waals surface area contributed by atoms with E-state index in [9.17, 15) is 38.4 Å². The Balaban J connectivity index is 2.33. The first-order valence-corrected chi connectivity index (χ1v) is 25.3. The van der Waals surface area contributed by atoms with E-state index >= 15 is 0 Å². The van der Waals surface area contributed by atoms with Crippen molar-refractivity contribution in [3.63, 3.8) is 0 Å². The number of hydrogen-bond acceptors (Lipinski definition) is 12. The van der Waals surface area contributed by atoms with E-state index in [1.165, 1.54) is 42.9 Å². The van der Waals surface area contributed by atoms with Gasteiger partial charge in [0, 0.05) is 41.0 Å². The van der Waals surface area contributed by atoms with Gasteiger partial charge in [-0.05, 0) is 66.4 Å².